The highest BCUT2D eigenvalue weighted by Crippen LogP contribution is 2.40. The van der Waals surface area contributed by atoms with Crippen LogP contribution in [0.4, 0.5) is 5.95 Å². The van der Waals surface area contributed by atoms with E-state index in [0.717, 1.165) is 52.4 Å². The lowest BCUT2D eigenvalue weighted by molar-refractivity contribution is 0.102. The van der Waals surface area contributed by atoms with E-state index in [1.54, 1.807) is 0 Å². The third-order valence-corrected chi connectivity index (χ3v) is 6.07. The van der Waals surface area contributed by atoms with Gasteiger partial charge in [0.15, 0.2) is 5.78 Å². The molecule has 0 amide bonds. The van der Waals surface area contributed by atoms with Crippen LogP contribution in [0, 0.1) is 0 Å². The number of ketones is 1. The second-order valence-electron chi connectivity index (χ2n) is 8.33. The average Bonchev–Trinajstić information content (AvgIpc) is 3.22. The van der Waals surface area contributed by atoms with Gasteiger partial charge in [0.25, 0.3) is 0 Å². The largest absolute Gasteiger partial charge is 0.494 e. The van der Waals surface area contributed by atoms with E-state index in [-0.39, 0.29) is 11.8 Å². The molecule has 0 fully saturated rings. The maximum Gasteiger partial charge on any atom is 0.209 e. The lowest BCUT2D eigenvalue weighted by atomic mass is 9.89. The van der Waals surface area contributed by atoms with E-state index in [1.807, 2.05) is 73.7 Å². The summed E-state index contributed by atoms with van der Waals surface area (Å²) in [6, 6.07) is 25.3. The number of carbonyl (C=O) groups is 1. The first-order valence-corrected chi connectivity index (χ1v) is 11.4. The molecule has 4 aromatic rings. The lowest BCUT2D eigenvalue weighted by Gasteiger charge is -2.31. The molecule has 0 radical (unpaired) electrons. The third kappa shape index (κ3) is 3.91. The van der Waals surface area contributed by atoms with E-state index in [4.69, 9.17) is 9.72 Å². The number of unbranched alkanes of at least 4 members (excludes halogenated alkanes) is 1. The molecule has 33 heavy (non-hydrogen) atoms. The zero-order chi connectivity index (χ0) is 22.8. The zero-order valence-corrected chi connectivity index (χ0v) is 18.9. The molecule has 0 bridgehead atoms. The van der Waals surface area contributed by atoms with Gasteiger partial charge in [0.1, 0.15) is 5.75 Å². The van der Waals surface area contributed by atoms with Gasteiger partial charge in [-0.25, -0.2) is 4.98 Å². The molecule has 166 valence electrons. The van der Waals surface area contributed by atoms with Crippen molar-refractivity contribution in [1.29, 1.82) is 0 Å². The number of carbonyl (C=O) groups excluding carboxylic acids is 1. The Morgan fingerprint density at radius 1 is 1.00 bits per heavy atom. The summed E-state index contributed by atoms with van der Waals surface area (Å²) in [5.74, 6) is 1.59. The van der Waals surface area contributed by atoms with Crippen LogP contribution in [-0.4, -0.2) is 21.9 Å². The second-order valence-corrected chi connectivity index (χ2v) is 8.33. The number of aromatic nitrogens is 2. The van der Waals surface area contributed by atoms with Crippen molar-refractivity contribution in [3.8, 4) is 5.75 Å². The Morgan fingerprint density at radius 3 is 2.48 bits per heavy atom. The molecule has 1 atom stereocenters. The molecule has 0 aliphatic carbocycles. The molecule has 1 aromatic heterocycles. The van der Waals surface area contributed by atoms with Crippen molar-refractivity contribution in [2.45, 2.75) is 32.7 Å². The van der Waals surface area contributed by atoms with E-state index < -0.39 is 0 Å². The third-order valence-electron chi connectivity index (χ3n) is 6.07. The average molecular weight is 438 g/mol. The van der Waals surface area contributed by atoms with Gasteiger partial charge in [0.2, 0.25) is 5.95 Å². The van der Waals surface area contributed by atoms with Gasteiger partial charge in [-0.05, 0) is 43.2 Å². The topological polar surface area (TPSA) is 56.1 Å². The summed E-state index contributed by atoms with van der Waals surface area (Å²) in [7, 11) is 0. The lowest BCUT2D eigenvalue weighted by Crippen LogP contribution is -2.28. The van der Waals surface area contributed by atoms with E-state index >= 15 is 0 Å². The number of nitrogens with zero attached hydrogens (tertiary/aromatic N) is 2. The molecule has 0 saturated heterocycles. The summed E-state index contributed by atoms with van der Waals surface area (Å²) in [6.45, 7) is 4.81. The summed E-state index contributed by atoms with van der Waals surface area (Å²) in [5.41, 5.74) is 5.11. The van der Waals surface area contributed by atoms with E-state index in [0.29, 0.717) is 12.2 Å². The number of hydrogen-bond acceptors (Lipinski definition) is 4. The Kier molecular flexibility index (Phi) is 5.69. The van der Waals surface area contributed by atoms with Crippen LogP contribution in [0.5, 0.6) is 5.75 Å². The Labute approximate surface area is 193 Å². The van der Waals surface area contributed by atoms with Crippen LogP contribution >= 0.6 is 0 Å². The molecule has 5 heteroatoms. The van der Waals surface area contributed by atoms with Gasteiger partial charge in [-0.1, -0.05) is 67.9 Å². The van der Waals surface area contributed by atoms with E-state index in [9.17, 15) is 4.79 Å². The van der Waals surface area contributed by atoms with Crippen molar-refractivity contribution >= 4 is 22.8 Å². The number of allylic oxidation sites excluding steroid dienone is 2. The number of nitrogens with one attached hydrogen (secondary N) is 1. The fourth-order valence-electron chi connectivity index (χ4n) is 4.40. The van der Waals surface area contributed by atoms with Crippen LogP contribution in [0.15, 0.2) is 90.1 Å². The van der Waals surface area contributed by atoms with Gasteiger partial charge in [-0.3, -0.25) is 9.36 Å². The number of rotatable bonds is 7. The molecule has 1 aliphatic rings. The van der Waals surface area contributed by atoms with Gasteiger partial charge in [-0.15, -0.1) is 0 Å². The van der Waals surface area contributed by atoms with Crippen LogP contribution in [0.3, 0.4) is 0 Å². The highest BCUT2D eigenvalue weighted by atomic mass is 16.5. The van der Waals surface area contributed by atoms with Crippen molar-refractivity contribution in [2.75, 3.05) is 11.9 Å². The number of para-hydroxylation sites is 2. The minimum Gasteiger partial charge on any atom is -0.494 e. The number of imidazole rings is 1. The van der Waals surface area contributed by atoms with Crippen molar-refractivity contribution in [1.82, 2.24) is 9.55 Å². The molecule has 0 unspecified atom stereocenters. The minimum absolute atomic E-state index is 0.0114. The van der Waals surface area contributed by atoms with Crippen LogP contribution in [-0.2, 0) is 0 Å². The molecule has 5 rings (SSSR count). The van der Waals surface area contributed by atoms with Crippen LogP contribution in [0.2, 0.25) is 0 Å². The molecular weight excluding hydrogens is 410 g/mol. The number of anilines is 1. The summed E-state index contributed by atoms with van der Waals surface area (Å²) in [4.78, 5) is 18.5. The summed E-state index contributed by atoms with van der Waals surface area (Å²) < 4.78 is 8.00. The van der Waals surface area contributed by atoms with Crippen molar-refractivity contribution < 1.29 is 9.53 Å². The highest BCUT2D eigenvalue weighted by molar-refractivity contribution is 6.11. The van der Waals surface area contributed by atoms with Gasteiger partial charge >= 0.3 is 0 Å². The summed E-state index contributed by atoms with van der Waals surface area (Å²) >= 11 is 0. The minimum atomic E-state index is -0.300. The normalized spacial score (nSPS) is 15.3. The first kappa shape index (κ1) is 21.0. The van der Waals surface area contributed by atoms with Crippen LogP contribution in [0.1, 0.15) is 48.7 Å². The maximum atomic E-state index is 13.7. The van der Waals surface area contributed by atoms with Gasteiger partial charge < -0.3 is 10.1 Å². The Morgan fingerprint density at radius 2 is 1.73 bits per heavy atom. The Balaban J connectivity index is 1.63. The smallest absolute Gasteiger partial charge is 0.209 e. The van der Waals surface area contributed by atoms with Crippen molar-refractivity contribution in [3.05, 3.63) is 101 Å². The maximum absolute atomic E-state index is 13.7. The molecule has 0 spiro atoms. The van der Waals surface area contributed by atoms with Crippen molar-refractivity contribution in [3.63, 3.8) is 0 Å². The van der Waals surface area contributed by atoms with Crippen molar-refractivity contribution in [2.24, 2.45) is 0 Å². The molecule has 3 aromatic carbocycles. The standard InChI is InChI=1S/C28H27N3O2/c1-3-4-18-33-22-16-14-20(15-17-22)26-25(27(32)21-10-6-5-7-11-21)19(2)29-28-30-23-12-8-9-13-24(23)31(26)28/h5-17,26H,3-4,18H2,1-2H3,(H,29,30)/t26-/m0/s1. The number of ether oxygens (including phenoxy) is 1. The summed E-state index contributed by atoms with van der Waals surface area (Å²) in [6.07, 6.45) is 2.12. The first-order valence-electron chi connectivity index (χ1n) is 11.4. The molecule has 1 aliphatic heterocycles. The number of fused-ring (bicyclic) bond motifs is 3. The number of hydrogen-bond donors (Lipinski definition) is 1. The second kappa shape index (κ2) is 8.94. The molecular formula is C28H27N3O2. The molecule has 2 heterocycles. The van der Waals surface area contributed by atoms with Gasteiger partial charge in [-0.2, -0.15) is 0 Å². The zero-order valence-electron chi connectivity index (χ0n) is 18.9. The predicted molar refractivity (Wildman–Crippen MR) is 132 cm³/mol. The number of benzene rings is 3. The van der Waals surface area contributed by atoms with Crippen LogP contribution < -0.4 is 10.1 Å². The quantitative estimate of drug-likeness (QED) is 0.269. The molecule has 0 saturated carbocycles. The highest BCUT2D eigenvalue weighted by Gasteiger charge is 2.34. The number of Topliss-reactive ketones (excluding diaryl/α,β-unsaturated/α-hetero) is 1. The molecule has 1 N–H and O–H groups in total. The monoisotopic (exact) mass is 437 g/mol. The molecule has 5 nitrogen and oxygen atoms in total. The van der Waals surface area contributed by atoms with Crippen LogP contribution in [0.25, 0.3) is 11.0 Å². The predicted octanol–water partition coefficient (Wildman–Crippen LogP) is 6.39. The fourth-order valence-corrected chi connectivity index (χ4v) is 4.40. The SMILES string of the molecule is CCCCOc1ccc([C@H]2C(C(=O)c3ccccc3)=C(C)Nc3nc4ccccc4n32)cc1. The first-order chi connectivity index (χ1) is 16.2. The fraction of sp³-hybridized carbons (Fsp3) is 0.214. The Hall–Kier alpha value is -3.86. The Bertz CT molecular complexity index is 1320. The van der Waals surface area contributed by atoms with Gasteiger partial charge in [0, 0.05) is 16.8 Å². The van der Waals surface area contributed by atoms with Gasteiger partial charge in [0.05, 0.1) is 23.7 Å². The summed E-state index contributed by atoms with van der Waals surface area (Å²) in [5, 5.41) is 3.38. The van der Waals surface area contributed by atoms with E-state index in [2.05, 4.69) is 28.9 Å². The van der Waals surface area contributed by atoms with E-state index in [1.165, 1.54) is 0 Å².